The lowest BCUT2D eigenvalue weighted by molar-refractivity contribution is -0.122. The van der Waals surface area contributed by atoms with Crippen molar-refractivity contribution < 1.29 is 4.79 Å². The first kappa shape index (κ1) is 13.1. The largest absolute Gasteiger partial charge is 0.328 e. The minimum Gasteiger partial charge on any atom is -0.328 e. The van der Waals surface area contributed by atoms with Crippen molar-refractivity contribution >= 4 is 11.6 Å². The fourth-order valence-corrected chi connectivity index (χ4v) is 2.24. The lowest BCUT2D eigenvalue weighted by Crippen LogP contribution is -2.42. The Bertz CT molecular complexity index is 448. The van der Waals surface area contributed by atoms with Gasteiger partial charge in [0, 0.05) is 17.6 Å². The fourth-order valence-electron chi connectivity index (χ4n) is 2.24. The molecule has 1 aliphatic carbocycles. The van der Waals surface area contributed by atoms with E-state index in [2.05, 4.69) is 37.4 Å². The van der Waals surface area contributed by atoms with Crippen molar-refractivity contribution in [3.05, 3.63) is 29.3 Å². The zero-order chi connectivity index (χ0) is 13.3. The number of benzene rings is 1. The van der Waals surface area contributed by atoms with Gasteiger partial charge < -0.3 is 11.1 Å². The van der Waals surface area contributed by atoms with E-state index in [-0.39, 0.29) is 17.9 Å². The summed E-state index contributed by atoms with van der Waals surface area (Å²) in [5, 5.41) is 3.03. The van der Waals surface area contributed by atoms with E-state index in [1.807, 2.05) is 6.92 Å². The summed E-state index contributed by atoms with van der Waals surface area (Å²) < 4.78 is 0. The Morgan fingerprint density at radius 1 is 1.39 bits per heavy atom. The van der Waals surface area contributed by atoms with Crippen LogP contribution in [0.25, 0.3) is 0 Å². The number of carbonyl (C=O) groups excluding carboxylic acids is 1. The van der Waals surface area contributed by atoms with Crippen LogP contribution in [0.2, 0.25) is 0 Å². The van der Waals surface area contributed by atoms with Crippen LogP contribution in [-0.4, -0.2) is 11.9 Å². The Morgan fingerprint density at radius 2 is 2.06 bits per heavy atom. The number of hydrogen-bond donors (Lipinski definition) is 2. The molecule has 0 spiro atoms. The normalized spacial score (nSPS) is 22.7. The van der Waals surface area contributed by atoms with Gasteiger partial charge in [-0.25, -0.2) is 0 Å². The molecule has 0 saturated heterocycles. The predicted molar refractivity (Wildman–Crippen MR) is 74.6 cm³/mol. The number of hydrogen-bond acceptors (Lipinski definition) is 2. The Hall–Kier alpha value is -1.35. The van der Waals surface area contributed by atoms with Crippen LogP contribution in [0.1, 0.15) is 43.7 Å². The average Bonchev–Trinajstić information content (AvgIpc) is 2.27. The van der Waals surface area contributed by atoms with E-state index < -0.39 is 0 Å². The molecule has 18 heavy (non-hydrogen) atoms. The number of aryl methyl sites for hydroxylation is 1. The lowest BCUT2D eigenvalue weighted by atomic mass is 9.80. The zero-order valence-corrected chi connectivity index (χ0v) is 11.4. The Labute approximate surface area is 109 Å². The van der Waals surface area contributed by atoms with Crippen LogP contribution in [-0.2, 0) is 4.79 Å². The molecule has 0 atom stereocenters. The average molecular weight is 246 g/mol. The highest BCUT2D eigenvalue weighted by atomic mass is 16.1. The number of rotatable bonds is 3. The summed E-state index contributed by atoms with van der Waals surface area (Å²) >= 11 is 0. The van der Waals surface area contributed by atoms with Crippen LogP contribution in [0, 0.1) is 12.8 Å². The molecule has 1 aromatic carbocycles. The maximum atomic E-state index is 12.0. The molecule has 0 bridgehead atoms. The van der Waals surface area contributed by atoms with E-state index in [0.717, 1.165) is 24.1 Å². The van der Waals surface area contributed by atoms with E-state index >= 15 is 0 Å². The standard InChI is InChI=1S/C15H22N2O/c1-9(2)11-5-4-10(3)14(8-11)17-15(18)12-6-13(16)7-12/h4-5,8-9,12-13H,6-7,16H2,1-3H3,(H,17,18). The van der Waals surface area contributed by atoms with Crippen molar-refractivity contribution in [1.82, 2.24) is 0 Å². The number of nitrogens with one attached hydrogen (secondary N) is 1. The van der Waals surface area contributed by atoms with Crippen molar-refractivity contribution in [3.8, 4) is 0 Å². The third-order valence-electron chi connectivity index (χ3n) is 3.73. The minimum absolute atomic E-state index is 0.0992. The van der Waals surface area contributed by atoms with Gasteiger partial charge in [-0.2, -0.15) is 0 Å². The monoisotopic (exact) mass is 246 g/mol. The second kappa shape index (κ2) is 5.11. The fraction of sp³-hybridized carbons (Fsp3) is 0.533. The lowest BCUT2D eigenvalue weighted by Gasteiger charge is -2.31. The van der Waals surface area contributed by atoms with E-state index in [1.165, 1.54) is 5.56 Å². The van der Waals surface area contributed by atoms with Gasteiger partial charge in [0.25, 0.3) is 0 Å². The molecule has 1 saturated carbocycles. The van der Waals surface area contributed by atoms with Gasteiger partial charge in [-0.05, 0) is 42.9 Å². The highest BCUT2D eigenvalue weighted by Crippen LogP contribution is 2.28. The number of amides is 1. The van der Waals surface area contributed by atoms with Crippen molar-refractivity contribution in [2.75, 3.05) is 5.32 Å². The highest BCUT2D eigenvalue weighted by Gasteiger charge is 2.32. The van der Waals surface area contributed by atoms with Gasteiger partial charge in [0.1, 0.15) is 0 Å². The quantitative estimate of drug-likeness (QED) is 0.861. The summed E-state index contributed by atoms with van der Waals surface area (Å²) in [5.41, 5.74) is 9.01. The molecule has 98 valence electrons. The second-order valence-electron chi connectivity index (χ2n) is 5.65. The zero-order valence-electron chi connectivity index (χ0n) is 11.4. The van der Waals surface area contributed by atoms with Gasteiger partial charge >= 0.3 is 0 Å². The van der Waals surface area contributed by atoms with Crippen molar-refractivity contribution in [1.29, 1.82) is 0 Å². The van der Waals surface area contributed by atoms with Crippen LogP contribution in [0.4, 0.5) is 5.69 Å². The van der Waals surface area contributed by atoms with Crippen molar-refractivity contribution in [2.24, 2.45) is 11.7 Å². The number of anilines is 1. The molecule has 0 heterocycles. The highest BCUT2D eigenvalue weighted by molar-refractivity contribution is 5.94. The van der Waals surface area contributed by atoms with Crippen LogP contribution in [0.5, 0.6) is 0 Å². The molecule has 0 aliphatic heterocycles. The van der Waals surface area contributed by atoms with Crippen LogP contribution >= 0.6 is 0 Å². The van der Waals surface area contributed by atoms with Gasteiger partial charge in [0.05, 0.1) is 0 Å². The third-order valence-corrected chi connectivity index (χ3v) is 3.73. The smallest absolute Gasteiger partial charge is 0.227 e. The Morgan fingerprint density at radius 3 is 2.61 bits per heavy atom. The molecule has 2 rings (SSSR count). The molecule has 0 unspecified atom stereocenters. The van der Waals surface area contributed by atoms with Gasteiger partial charge in [-0.1, -0.05) is 26.0 Å². The summed E-state index contributed by atoms with van der Waals surface area (Å²) in [6, 6.07) is 6.48. The molecule has 3 N–H and O–H groups in total. The number of nitrogens with two attached hydrogens (primary N) is 1. The maximum Gasteiger partial charge on any atom is 0.227 e. The summed E-state index contributed by atoms with van der Waals surface area (Å²) in [6.07, 6.45) is 1.63. The Kier molecular flexibility index (Phi) is 3.71. The Balaban J connectivity index is 2.08. The van der Waals surface area contributed by atoms with E-state index in [0.29, 0.717) is 5.92 Å². The molecule has 0 radical (unpaired) electrons. The molecule has 0 aromatic heterocycles. The first-order valence-corrected chi connectivity index (χ1v) is 6.64. The van der Waals surface area contributed by atoms with Crippen molar-refractivity contribution in [3.63, 3.8) is 0 Å². The number of carbonyl (C=O) groups is 1. The summed E-state index contributed by atoms with van der Waals surface area (Å²) in [4.78, 5) is 12.0. The first-order chi connectivity index (χ1) is 8.47. The van der Waals surface area contributed by atoms with E-state index in [4.69, 9.17) is 5.73 Å². The molecule has 1 fully saturated rings. The van der Waals surface area contributed by atoms with E-state index in [1.54, 1.807) is 0 Å². The van der Waals surface area contributed by atoms with Crippen LogP contribution < -0.4 is 11.1 Å². The van der Waals surface area contributed by atoms with Crippen LogP contribution in [0.3, 0.4) is 0 Å². The maximum absolute atomic E-state index is 12.0. The van der Waals surface area contributed by atoms with Gasteiger partial charge in [-0.15, -0.1) is 0 Å². The molecule has 1 aliphatic rings. The van der Waals surface area contributed by atoms with E-state index in [9.17, 15) is 4.79 Å². The van der Waals surface area contributed by atoms with Gasteiger partial charge in [0.2, 0.25) is 5.91 Å². The second-order valence-corrected chi connectivity index (χ2v) is 5.65. The molecule has 3 nitrogen and oxygen atoms in total. The first-order valence-electron chi connectivity index (χ1n) is 6.64. The summed E-state index contributed by atoms with van der Waals surface area (Å²) in [7, 11) is 0. The van der Waals surface area contributed by atoms with Gasteiger partial charge in [-0.3, -0.25) is 4.79 Å². The molecule has 1 aromatic rings. The minimum atomic E-state index is 0.0992. The summed E-state index contributed by atoms with van der Waals surface area (Å²) in [6.45, 7) is 6.33. The molecule has 3 heteroatoms. The van der Waals surface area contributed by atoms with Crippen LogP contribution in [0.15, 0.2) is 18.2 Å². The topological polar surface area (TPSA) is 55.1 Å². The molecular weight excluding hydrogens is 224 g/mol. The predicted octanol–water partition coefficient (Wildman–Crippen LogP) is 2.79. The SMILES string of the molecule is Cc1ccc(C(C)C)cc1NC(=O)C1CC(N)C1. The van der Waals surface area contributed by atoms with Gasteiger partial charge in [0.15, 0.2) is 0 Å². The summed E-state index contributed by atoms with van der Waals surface area (Å²) in [5.74, 6) is 0.682. The third kappa shape index (κ3) is 2.72. The molecule has 1 amide bonds. The molecular formula is C15H22N2O. The van der Waals surface area contributed by atoms with Crippen molar-refractivity contribution in [2.45, 2.75) is 45.6 Å².